The van der Waals surface area contributed by atoms with Crippen molar-refractivity contribution in [3.05, 3.63) is 20.5 Å². The molecule has 16 heavy (non-hydrogen) atoms. The van der Waals surface area contributed by atoms with Gasteiger partial charge in [-0.2, -0.15) is 0 Å². The van der Waals surface area contributed by atoms with Gasteiger partial charge < -0.3 is 0 Å². The van der Waals surface area contributed by atoms with Gasteiger partial charge >= 0.3 is 5.69 Å². The molecule has 0 fully saturated rings. The molecule has 2 rings (SSSR count). The molecular weight excluding hydrogens is 312 g/mol. The van der Waals surface area contributed by atoms with Gasteiger partial charge in [-0.05, 0) is 34.1 Å². The first-order chi connectivity index (χ1) is 7.70. The number of rotatable bonds is 4. The Balaban J connectivity index is 2.24. The zero-order valence-electron chi connectivity index (χ0n) is 8.44. The molecule has 0 bridgehead atoms. The van der Waals surface area contributed by atoms with Crippen LogP contribution in [0.5, 0.6) is 0 Å². The van der Waals surface area contributed by atoms with E-state index in [1.54, 1.807) is 4.57 Å². The van der Waals surface area contributed by atoms with E-state index >= 15 is 0 Å². The number of nitrogens with one attached hydrogen (secondary N) is 1. The summed E-state index contributed by atoms with van der Waals surface area (Å²) >= 11 is 6.20. The van der Waals surface area contributed by atoms with Crippen LogP contribution in [0.15, 0.2) is 24.3 Å². The summed E-state index contributed by atoms with van der Waals surface area (Å²) in [7, 11) is 0. The third-order valence-corrected chi connectivity index (χ3v) is 4.45. The first kappa shape index (κ1) is 11.9. The number of aromatic nitrogens is 4. The number of aromatic amines is 1. The van der Waals surface area contributed by atoms with Gasteiger partial charge in [0.05, 0.1) is 0 Å². The fourth-order valence-electron chi connectivity index (χ4n) is 1.17. The van der Waals surface area contributed by atoms with Crippen molar-refractivity contribution in [1.82, 2.24) is 19.7 Å². The van der Waals surface area contributed by atoms with Crippen LogP contribution in [0.3, 0.4) is 0 Å². The molecule has 0 amide bonds. The molecule has 0 saturated carbocycles. The molecule has 2 aromatic heterocycles. The van der Waals surface area contributed by atoms with E-state index in [-0.39, 0.29) is 5.69 Å². The zero-order chi connectivity index (χ0) is 11.5. The van der Waals surface area contributed by atoms with Gasteiger partial charge in [-0.25, -0.2) is 14.9 Å². The Hall–Kier alpha value is -0.600. The highest BCUT2D eigenvalue weighted by Crippen LogP contribution is 2.29. The predicted octanol–water partition coefficient (Wildman–Crippen LogP) is 2.35. The van der Waals surface area contributed by atoms with Crippen molar-refractivity contribution in [2.24, 2.45) is 0 Å². The van der Waals surface area contributed by atoms with Crippen molar-refractivity contribution >= 4 is 39.0 Å². The smallest absolute Gasteiger partial charge is 0.270 e. The first-order valence-corrected chi connectivity index (χ1v) is 7.13. The Morgan fingerprint density at radius 3 is 3.12 bits per heavy atom. The molecule has 1 N–H and O–H groups in total. The molecule has 0 aromatic carbocycles. The first-order valence-electron chi connectivity index (χ1n) is 4.64. The summed E-state index contributed by atoms with van der Waals surface area (Å²) in [6.07, 6.45) is 0.897. The van der Waals surface area contributed by atoms with E-state index in [9.17, 15) is 4.79 Å². The average Bonchev–Trinajstić information content (AvgIpc) is 2.79. The summed E-state index contributed by atoms with van der Waals surface area (Å²) in [5.74, 6) is 0. The third-order valence-electron chi connectivity index (χ3n) is 1.80. The van der Waals surface area contributed by atoms with Gasteiger partial charge in [0.1, 0.15) is 4.60 Å². The molecule has 0 aliphatic heterocycles. The lowest BCUT2D eigenvalue weighted by molar-refractivity contribution is 0.604. The van der Waals surface area contributed by atoms with Gasteiger partial charge in [-0.1, -0.05) is 6.92 Å². The molecular formula is C8H9BrN4OS2. The lowest BCUT2D eigenvalue weighted by Gasteiger charge is -2.00. The van der Waals surface area contributed by atoms with Gasteiger partial charge in [0.15, 0.2) is 9.50 Å². The molecule has 8 heteroatoms. The quantitative estimate of drug-likeness (QED) is 0.939. The average molecular weight is 321 g/mol. The molecule has 2 heterocycles. The molecule has 86 valence electrons. The number of nitrogens with zero attached hydrogens (tertiary/aromatic N) is 3. The van der Waals surface area contributed by atoms with E-state index < -0.39 is 0 Å². The minimum absolute atomic E-state index is 0.167. The Bertz CT molecular complexity index is 532. The Kier molecular flexibility index (Phi) is 3.82. The summed E-state index contributed by atoms with van der Waals surface area (Å²) in [6.45, 7) is 2.69. The van der Waals surface area contributed by atoms with Gasteiger partial charge in [-0.15, -0.1) is 16.4 Å². The van der Waals surface area contributed by atoms with Crippen molar-refractivity contribution < 1.29 is 0 Å². The van der Waals surface area contributed by atoms with Crippen LogP contribution >= 0.6 is 39.0 Å². The molecule has 0 saturated heterocycles. The summed E-state index contributed by atoms with van der Waals surface area (Å²) in [6, 6.07) is 0. The zero-order valence-corrected chi connectivity index (χ0v) is 11.7. The van der Waals surface area contributed by atoms with Crippen LogP contribution in [0.1, 0.15) is 13.3 Å². The number of hydrogen-bond acceptors (Lipinski definition) is 5. The molecule has 0 aliphatic carbocycles. The topological polar surface area (TPSA) is 63.6 Å². The monoisotopic (exact) mass is 320 g/mol. The van der Waals surface area contributed by atoms with Crippen LogP contribution < -0.4 is 5.69 Å². The largest absolute Gasteiger partial charge is 0.343 e. The van der Waals surface area contributed by atoms with Crippen molar-refractivity contribution in [2.75, 3.05) is 0 Å². The Morgan fingerprint density at radius 1 is 1.69 bits per heavy atom. The van der Waals surface area contributed by atoms with Crippen LogP contribution in [-0.4, -0.2) is 19.7 Å². The molecule has 0 radical (unpaired) electrons. The molecule has 2 aromatic rings. The van der Waals surface area contributed by atoms with Crippen molar-refractivity contribution in [2.45, 2.75) is 29.4 Å². The lowest BCUT2D eigenvalue weighted by Crippen LogP contribution is -2.17. The van der Waals surface area contributed by atoms with Crippen molar-refractivity contribution in [3.63, 3.8) is 0 Å². The van der Waals surface area contributed by atoms with Gasteiger partial charge in [0, 0.05) is 11.9 Å². The van der Waals surface area contributed by atoms with Crippen LogP contribution in [0.25, 0.3) is 0 Å². The van der Waals surface area contributed by atoms with Crippen molar-refractivity contribution in [3.8, 4) is 0 Å². The number of thiazole rings is 1. The summed E-state index contributed by atoms with van der Waals surface area (Å²) < 4.78 is 3.29. The third kappa shape index (κ3) is 2.55. The minimum Gasteiger partial charge on any atom is -0.270 e. The summed E-state index contributed by atoms with van der Waals surface area (Å²) in [5, 5.41) is 8.99. The number of halogens is 1. The minimum atomic E-state index is -0.167. The van der Waals surface area contributed by atoms with Crippen LogP contribution in [0.4, 0.5) is 0 Å². The normalized spacial score (nSPS) is 10.9. The highest BCUT2D eigenvalue weighted by molar-refractivity contribution is 9.10. The molecule has 0 spiro atoms. The molecule has 0 atom stereocenters. The Labute approximate surface area is 108 Å². The number of hydrogen-bond donors (Lipinski definition) is 1. The van der Waals surface area contributed by atoms with E-state index in [1.807, 2.05) is 12.3 Å². The van der Waals surface area contributed by atoms with Crippen molar-refractivity contribution in [1.29, 1.82) is 0 Å². The highest BCUT2D eigenvalue weighted by Gasteiger charge is 2.11. The second kappa shape index (κ2) is 5.15. The van der Waals surface area contributed by atoms with Crippen LogP contribution in [-0.2, 0) is 6.54 Å². The maximum absolute atomic E-state index is 11.4. The summed E-state index contributed by atoms with van der Waals surface area (Å²) in [4.78, 5) is 15.7. The van der Waals surface area contributed by atoms with Crippen LogP contribution in [0, 0.1) is 0 Å². The Morgan fingerprint density at radius 2 is 2.50 bits per heavy atom. The second-order valence-corrected chi connectivity index (χ2v) is 5.89. The standard InChI is InChI=1S/C8H9BrN4OS2/c1-2-3-13-6(14)11-12-7(13)16-8-10-5(9)4-15-8/h4H,2-3H2,1H3,(H,11,14). The van der Waals surface area contributed by atoms with Gasteiger partial charge in [0.2, 0.25) is 0 Å². The fourth-order valence-corrected chi connectivity index (χ4v) is 3.50. The number of H-pyrrole nitrogens is 1. The van der Waals surface area contributed by atoms with Crippen LogP contribution in [0.2, 0.25) is 0 Å². The fraction of sp³-hybridized carbons (Fsp3) is 0.375. The molecule has 5 nitrogen and oxygen atoms in total. The van der Waals surface area contributed by atoms with E-state index in [4.69, 9.17) is 0 Å². The van der Waals surface area contributed by atoms with E-state index in [0.29, 0.717) is 11.7 Å². The van der Waals surface area contributed by atoms with E-state index in [1.165, 1.54) is 23.1 Å². The van der Waals surface area contributed by atoms with E-state index in [2.05, 4.69) is 31.1 Å². The SMILES string of the molecule is CCCn1c(Sc2nc(Br)cs2)n[nH]c1=O. The predicted molar refractivity (Wildman–Crippen MR) is 67.1 cm³/mol. The maximum Gasteiger partial charge on any atom is 0.343 e. The van der Waals surface area contributed by atoms with E-state index in [0.717, 1.165) is 15.4 Å². The van der Waals surface area contributed by atoms with Gasteiger partial charge in [0.25, 0.3) is 0 Å². The summed E-state index contributed by atoms with van der Waals surface area (Å²) in [5.41, 5.74) is -0.167. The van der Waals surface area contributed by atoms with Gasteiger partial charge in [-0.3, -0.25) is 4.57 Å². The molecule has 0 aliphatic rings. The highest BCUT2D eigenvalue weighted by atomic mass is 79.9. The second-order valence-electron chi connectivity index (χ2n) is 3.00. The maximum atomic E-state index is 11.4. The molecule has 0 unspecified atom stereocenters. The lowest BCUT2D eigenvalue weighted by atomic mass is 10.5.